The largest absolute Gasteiger partial charge is 0.244 e. The van der Waals surface area contributed by atoms with Crippen LogP contribution in [0.15, 0.2) is 65.3 Å². The van der Waals surface area contributed by atoms with Gasteiger partial charge in [-0.25, -0.2) is 4.98 Å². The van der Waals surface area contributed by atoms with Crippen LogP contribution in [-0.2, 0) is 0 Å². The van der Waals surface area contributed by atoms with Gasteiger partial charge in [0.1, 0.15) is 5.01 Å². The molecule has 18 heavy (non-hydrogen) atoms. The summed E-state index contributed by atoms with van der Waals surface area (Å²) in [4.78, 5) is 5.70. The standard InChI is InChI=1S/C15H10BrNS/c16-13-8-6-12(7-9-13)15-17-10-14(18-15)11-4-2-1-3-5-11/h1-10H. The molecule has 1 heterocycles. The first-order valence-electron chi connectivity index (χ1n) is 5.60. The van der Waals surface area contributed by atoms with Gasteiger partial charge in [-0.15, -0.1) is 11.3 Å². The summed E-state index contributed by atoms with van der Waals surface area (Å²) < 4.78 is 1.09. The van der Waals surface area contributed by atoms with Gasteiger partial charge >= 0.3 is 0 Å². The molecule has 3 aromatic rings. The summed E-state index contributed by atoms with van der Waals surface area (Å²) in [6.07, 6.45) is 1.94. The van der Waals surface area contributed by atoms with Crippen molar-refractivity contribution in [2.24, 2.45) is 0 Å². The Bertz CT molecular complexity index is 644. The normalized spacial score (nSPS) is 10.5. The van der Waals surface area contributed by atoms with Gasteiger partial charge in [-0.1, -0.05) is 58.4 Å². The Morgan fingerprint density at radius 3 is 2.28 bits per heavy atom. The van der Waals surface area contributed by atoms with Crippen molar-refractivity contribution in [3.05, 3.63) is 65.3 Å². The van der Waals surface area contributed by atoms with Crippen molar-refractivity contribution >= 4 is 27.3 Å². The maximum Gasteiger partial charge on any atom is 0.123 e. The van der Waals surface area contributed by atoms with Crippen LogP contribution in [-0.4, -0.2) is 4.98 Å². The van der Waals surface area contributed by atoms with Crippen molar-refractivity contribution in [1.29, 1.82) is 0 Å². The average Bonchev–Trinajstić information content (AvgIpc) is 2.90. The maximum absolute atomic E-state index is 4.50. The van der Waals surface area contributed by atoms with Crippen LogP contribution in [0.4, 0.5) is 0 Å². The molecule has 0 aliphatic rings. The minimum atomic E-state index is 1.06. The summed E-state index contributed by atoms with van der Waals surface area (Å²) in [6.45, 7) is 0. The van der Waals surface area contributed by atoms with Crippen LogP contribution in [0.1, 0.15) is 0 Å². The highest BCUT2D eigenvalue weighted by Crippen LogP contribution is 2.32. The predicted molar refractivity (Wildman–Crippen MR) is 80.7 cm³/mol. The number of aromatic nitrogens is 1. The molecule has 0 aliphatic carbocycles. The minimum absolute atomic E-state index is 1.06. The molecule has 2 aromatic carbocycles. The lowest BCUT2D eigenvalue weighted by atomic mass is 10.2. The van der Waals surface area contributed by atoms with Crippen molar-refractivity contribution < 1.29 is 0 Å². The highest BCUT2D eigenvalue weighted by molar-refractivity contribution is 9.10. The summed E-state index contributed by atoms with van der Waals surface area (Å²) in [5.41, 5.74) is 2.38. The molecule has 0 fully saturated rings. The van der Waals surface area contributed by atoms with Gasteiger partial charge < -0.3 is 0 Å². The monoisotopic (exact) mass is 315 g/mol. The molecule has 0 radical (unpaired) electrons. The molecule has 88 valence electrons. The van der Waals surface area contributed by atoms with Gasteiger partial charge in [-0.3, -0.25) is 0 Å². The van der Waals surface area contributed by atoms with Gasteiger partial charge in [0.25, 0.3) is 0 Å². The molecule has 0 saturated heterocycles. The summed E-state index contributed by atoms with van der Waals surface area (Å²) >= 11 is 5.16. The van der Waals surface area contributed by atoms with E-state index in [4.69, 9.17) is 0 Å². The van der Waals surface area contributed by atoms with E-state index in [0.29, 0.717) is 0 Å². The molecular weight excluding hydrogens is 306 g/mol. The molecule has 0 unspecified atom stereocenters. The number of rotatable bonds is 2. The molecule has 0 amide bonds. The van der Waals surface area contributed by atoms with E-state index in [1.54, 1.807) is 11.3 Å². The number of halogens is 1. The van der Waals surface area contributed by atoms with Crippen molar-refractivity contribution in [2.75, 3.05) is 0 Å². The Kier molecular flexibility index (Phi) is 3.26. The third-order valence-electron chi connectivity index (χ3n) is 2.66. The van der Waals surface area contributed by atoms with Crippen LogP contribution >= 0.6 is 27.3 Å². The Labute approximate surface area is 118 Å². The zero-order valence-corrected chi connectivity index (χ0v) is 11.9. The first kappa shape index (κ1) is 11.6. The fourth-order valence-electron chi connectivity index (χ4n) is 1.74. The third-order valence-corrected chi connectivity index (χ3v) is 4.28. The Balaban J connectivity index is 1.97. The molecule has 1 nitrogen and oxygen atoms in total. The van der Waals surface area contributed by atoms with E-state index in [1.165, 1.54) is 10.4 Å². The molecule has 0 aliphatic heterocycles. The van der Waals surface area contributed by atoms with E-state index in [9.17, 15) is 0 Å². The summed E-state index contributed by atoms with van der Waals surface area (Å²) in [5.74, 6) is 0. The van der Waals surface area contributed by atoms with E-state index < -0.39 is 0 Å². The molecule has 0 saturated carbocycles. The quantitative estimate of drug-likeness (QED) is 0.630. The number of hydrogen-bond donors (Lipinski definition) is 0. The van der Waals surface area contributed by atoms with Crippen LogP contribution in [0.25, 0.3) is 21.0 Å². The molecule has 3 heteroatoms. The van der Waals surface area contributed by atoms with E-state index >= 15 is 0 Å². The Hall–Kier alpha value is -1.45. The minimum Gasteiger partial charge on any atom is -0.244 e. The number of thiazole rings is 1. The molecular formula is C15H10BrNS. The second kappa shape index (κ2) is 5.04. The molecule has 0 N–H and O–H groups in total. The van der Waals surface area contributed by atoms with Gasteiger partial charge in [0.15, 0.2) is 0 Å². The summed E-state index contributed by atoms with van der Waals surface area (Å²) in [5, 5.41) is 1.06. The van der Waals surface area contributed by atoms with Crippen LogP contribution in [0.5, 0.6) is 0 Å². The van der Waals surface area contributed by atoms with E-state index in [-0.39, 0.29) is 0 Å². The maximum atomic E-state index is 4.50. The average molecular weight is 316 g/mol. The van der Waals surface area contributed by atoms with Gasteiger partial charge in [0.05, 0.1) is 4.88 Å². The second-order valence-electron chi connectivity index (χ2n) is 3.90. The Morgan fingerprint density at radius 1 is 0.833 bits per heavy atom. The lowest BCUT2D eigenvalue weighted by Crippen LogP contribution is -1.73. The SMILES string of the molecule is Brc1ccc(-c2ncc(-c3ccccc3)s2)cc1. The topological polar surface area (TPSA) is 12.9 Å². The predicted octanol–water partition coefficient (Wildman–Crippen LogP) is 5.24. The van der Waals surface area contributed by atoms with Crippen molar-refractivity contribution in [3.8, 4) is 21.0 Å². The van der Waals surface area contributed by atoms with Crippen molar-refractivity contribution in [3.63, 3.8) is 0 Å². The number of nitrogens with zero attached hydrogens (tertiary/aromatic N) is 1. The first-order chi connectivity index (χ1) is 8.83. The zero-order chi connectivity index (χ0) is 12.4. The number of hydrogen-bond acceptors (Lipinski definition) is 2. The Morgan fingerprint density at radius 2 is 1.56 bits per heavy atom. The van der Waals surface area contributed by atoms with Gasteiger partial charge in [0.2, 0.25) is 0 Å². The lowest BCUT2D eigenvalue weighted by molar-refractivity contribution is 1.41. The zero-order valence-electron chi connectivity index (χ0n) is 9.51. The fourth-order valence-corrected chi connectivity index (χ4v) is 2.93. The summed E-state index contributed by atoms with van der Waals surface area (Å²) in [7, 11) is 0. The molecule has 0 spiro atoms. The van der Waals surface area contributed by atoms with Crippen LogP contribution in [0.2, 0.25) is 0 Å². The second-order valence-corrected chi connectivity index (χ2v) is 5.85. The number of benzene rings is 2. The molecule has 0 atom stereocenters. The molecule has 0 bridgehead atoms. The molecule has 1 aromatic heterocycles. The van der Waals surface area contributed by atoms with Crippen LogP contribution < -0.4 is 0 Å². The van der Waals surface area contributed by atoms with E-state index in [0.717, 1.165) is 15.0 Å². The van der Waals surface area contributed by atoms with Crippen molar-refractivity contribution in [1.82, 2.24) is 4.98 Å². The molecule has 3 rings (SSSR count). The third kappa shape index (κ3) is 2.37. The van der Waals surface area contributed by atoms with E-state index in [1.807, 2.05) is 36.5 Å². The van der Waals surface area contributed by atoms with Gasteiger partial charge in [0, 0.05) is 16.2 Å². The highest BCUT2D eigenvalue weighted by Gasteiger charge is 2.05. The van der Waals surface area contributed by atoms with Gasteiger partial charge in [-0.05, 0) is 17.7 Å². The highest BCUT2D eigenvalue weighted by atomic mass is 79.9. The van der Waals surface area contributed by atoms with Crippen molar-refractivity contribution in [2.45, 2.75) is 0 Å². The lowest BCUT2D eigenvalue weighted by Gasteiger charge is -1.96. The van der Waals surface area contributed by atoms with Gasteiger partial charge in [-0.2, -0.15) is 0 Å². The smallest absolute Gasteiger partial charge is 0.123 e. The fraction of sp³-hybridized carbons (Fsp3) is 0. The van der Waals surface area contributed by atoms with E-state index in [2.05, 4.69) is 45.2 Å². The summed E-state index contributed by atoms with van der Waals surface area (Å²) in [6, 6.07) is 18.6. The first-order valence-corrected chi connectivity index (χ1v) is 7.21. The van der Waals surface area contributed by atoms with Crippen LogP contribution in [0.3, 0.4) is 0 Å². The van der Waals surface area contributed by atoms with Crippen LogP contribution in [0, 0.1) is 0 Å².